The molecule has 3 N–H and O–H groups in total. The van der Waals surface area contributed by atoms with Gasteiger partial charge < -0.3 is 15.1 Å². The average molecular weight is 181 g/mol. The Hall–Kier alpha value is -1.75. The minimum absolute atomic E-state index is 0.103. The predicted molar refractivity (Wildman–Crippen MR) is 41.8 cm³/mol. The van der Waals surface area contributed by atoms with Crippen molar-refractivity contribution in [3.8, 4) is 11.5 Å². The summed E-state index contributed by atoms with van der Waals surface area (Å²) in [5, 5.41) is 18.7. The molecule has 0 spiro atoms. The van der Waals surface area contributed by atoms with Gasteiger partial charge in [-0.3, -0.25) is 4.79 Å². The van der Waals surface area contributed by atoms with Gasteiger partial charge in [-0.05, 0) is 12.1 Å². The topological polar surface area (TPSA) is 78.8 Å². The largest absolute Gasteiger partial charge is 0.507 e. The molecular formula is C8H7NO4. The second-order valence-electron chi connectivity index (χ2n) is 2.66. The van der Waals surface area contributed by atoms with Gasteiger partial charge in [0.1, 0.15) is 5.75 Å². The number of aromatic hydroxyl groups is 1. The zero-order valence-electron chi connectivity index (χ0n) is 6.52. The Labute approximate surface area is 73.5 Å². The van der Waals surface area contributed by atoms with Crippen LogP contribution in [0.3, 0.4) is 0 Å². The molecular weight excluding hydrogens is 174 g/mol. The van der Waals surface area contributed by atoms with Gasteiger partial charge in [0, 0.05) is 0 Å². The zero-order valence-corrected chi connectivity index (χ0v) is 6.52. The Morgan fingerprint density at radius 3 is 3.00 bits per heavy atom. The van der Waals surface area contributed by atoms with Gasteiger partial charge in [-0.1, -0.05) is 6.07 Å². The van der Waals surface area contributed by atoms with Crippen LogP contribution in [-0.4, -0.2) is 16.1 Å². The predicted octanol–water partition coefficient (Wildman–Crippen LogP) is -0.151. The SMILES string of the molecule is O=C1NOc2cccc(O)c2C1O. The number of hydrogen-bond donors (Lipinski definition) is 3. The van der Waals surface area contributed by atoms with E-state index in [2.05, 4.69) is 0 Å². The summed E-state index contributed by atoms with van der Waals surface area (Å²) in [6.07, 6.45) is -1.37. The van der Waals surface area contributed by atoms with Crippen LogP contribution in [0.2, 0.25) is 0 Å². The monoisotopic (exact) mass is 181 g/mol. The second kappa shape index (κ2) is 2.63. The molecule has 0 saturated heterocycles. The maximum atomic E-state index is 10.9. The summed E-state index contributed by atoms with van der Waals surface area (Å²) in [6.45, 7) is 0. The van der Waals surface area contributed by atoms with Gasteiger partial charge in [0.2, 0.25) is 0 Å². The van der Waals surface area contributed by atoms with Crippen molar-refractivity contribution in [1.29, 1.82) is 0 Å². The molecule has 13 heavy (non-hydrogen) atoms. The standard InChI is InChI=1S/C8H7NO4/c10-4-2-1-3-5-6(4)7(11)8(12)9-13-5/h1-3,7,10-11H,(H,9,12). The first-order chi connectivity index (χ1) is 6.20. The number of fused-ring (bicyclic) bond motifs is 1. The van der Waals surface area contributed by atoms with Crippen LogP contribution >= 0.6 is 0 Å². The summed E-state index contributed by atoms with van der Waals surface area (Å²) < 4.78 is 0. The number of rotatable bonds is 0. The van der Waals surface area contributed by atoms with Crippen LogP contribution in [0.25, 0.3) is 0 Å². The highest BCUT2D eigenvalue weighted by Crippen LogP contribution is 2.35. The van der Waals surface area contributed by atoms with Crippen LogP contribution in [0, 0.1) is 0 Å². The van der Waals surface area contributed by atoms with Crippen molar-refractivity contribution in [2.45, 2.75) is 6.10 Å². The summed E-state index contributed by atoms with van der Waals surface area (Å²) in [5.41, 5.74) is 2.12. The zero-order chi connectivity index (χ0) is 9.42. The Kier molecular flexibility index (Phi) is 1.60. The number of amides is 1. The number of phenols is 1. The Morgan fingerprint density at radius 2 is 2.23 bits per heavy atom. The molecule has 68 valence electrons. The minimum atomic E-state index is -1.37. The van der Waals surface area contributed by atoms with Crippen molar-refractivity contribution in [1.82, 2.24) is 5.48 Å². The Bertz CT molecular complexity index is 363. The number of nitrogens with one attached hydrogen (secondary N) is 1. The molecule has 1 unspecified atom stereocenters. The van der Waals surface area contributed by atoms with Crippen LogP contribution < -0.4 is 10.3 Å². The number of carbonyl (C=O) groups excluding carboxylic acids is 1. The number of hydrogen-bond acceptors (Lipinski definition) is 4. The van der Waals surface area contributed by atoms with Crippen molar-refractivity contribution < 1.29 is 19.8 Å². The smallest absolute Gasteiger partial charge is 0.286 e. The van der Waals surface area contributed by atoms with E-state index in [1.807, 2.05) is 5.48 Å². The van der Waals surface area contributed by atoms with Crippen molar-refractivity contribution in [2.24, 2.45) is 0 Å². The molecule has 0 aliphatic carbocycles. The quantitative estimate of drug-likeness (QED) is 0.520. The fourth-order valence-corrected chi connectivity index (χ4v) is 1.19. The fraction of sp³-hybridized carbons (Fsp3) is 0.125. The fourth-order valence-electron chi connectivity index (χ4n) is 1.19. The third kappa shape index (κ3) is 1.09. The molecule has 0 aromatic heterocycles. The molecule has 1 aromatic carbocycles. The Morgan fingerprint density at radius 1 is 1.46 bits per heavy atom. The van der Waals surface area contributed by atoms with Crippen LogP contribution in [0.1, 0.15) is 11.7 Å². The molecule has 1 aliphatic heterocycles. The van der Waals surface area contributed by atoms with Gasteiger partial charge in [0.15, 0.2) is 11.9 Å². The molecule has 0 bridgehead atoms. The van der Waals surface area contributed by atoms with E-state index in [1.54, 1.807) is 6.07 Å². The first-order valence-electron chi connectivity index (χ1n) is 3.67. The number of aliphatic hydroxyl groups is 1. The van der Waals surface area contributed by atoms with E-state index in [9.17, 15) is 15.0 Å². The first-order valence-corrected chi connectivity index (χ1v) is 3.67. The van der Waals surface area contributed by atoms with Gasteiger partial charge in [-0.25, -0.2) is 0 Å². The van der Waals surface area contributed by atoms with Gasteiger partial charge in [-0.2, -0.15) is 5.48 Å². The molecule has 0 radical (unpaired) electrons. The summed E-state index contributed by atoms with van der Waals surface area (Å²) in [5.74, 6) is -0.582. The van der Waals surface area contributed by atoms with E-state index >= 15 is 0 Å². The van der Waals surface area contributed by atoms with E-state index in [-0.39, 0.29) is 17.1 Å². The maximum Gasteiger partial charge on any atom is 0.286 e. The lowest BCUT2D eigenvalue weighted by Gasteiger charge is -2.21. The number of carbonyl (C=O) groups is 1. The minimum Gasteiger partial charge on any atom is -0.507 e. The molecule has 5 nitrogen and oxygen atoms in total. The molecule has 0 fully saturated rings. The highest BCUT2D eigenvalue weighted by Gasteiger charge is 2.29. The van der Waals surface area contributed by atoms with E-state index < -0.39 is 12.0 Å². The van der Waals surface area contributed by atoms with Crippen molar-refractivity contribution in [3.63, 3.8) is 0 Å². The van der Waals surface area contributed by atoms with E-state index in [1.165, 1.54) is 12.1 Å². The molecule has 1 heterocycles. The van der Waals surface area contributed by atoms with E-state index in [4.69, 9.17) is 4.84 Å². The van der Waals surface area contributed by atoms with Crippen LogP contribution in [0.4, 0.5) is 0 Å². The van der Waals surface area contributed by atoms with Gasteiger partial charge in [0.05, 0.1) is 5.56 Å². The lowest BCUT2D eigenvalue weighted by atomic mass is 10.1. The van der Waals surface area contributed by atoms with Crippen molar-refractivity contribution in [2.75, 3.05) is 0 Å². The lowest BCUT2D eigenvalue weighted by molar-refractivity contribution is -0.139. The molecule has 1 amide bonds. The highest BCUT2D eigenvalue weighted by atomic mass is 16.7. The summed E-state index contributed by atoms with van der Waals surface area (Å²) in [6, 6.07) is 4.47. The number of phenolic OH excluding ortho intramolecular Hbond substituents is 1. The molecule has 1 atom stereocenters. The average Bonchev–Trinajstić information content (AvgIpc) is 2.12. The number of aliphatic hydroxyl groups excluding tert-OH is 1. The van der Waals surface area contributed by atoms with Crippen molar-refractivity contribution in [3.05, 3.63) is 23.8 Å². The highest BCUT2D eigenvalue weighted by molar-refractivity contribution is 5.84. The molecule has 2 rings (SSSR count). The van der Waals surface area contributed by atoms with Crippen LogP contribution in [0.5, 0.6) is 11.5 Å². The third-order valence-electron chi connectivity index (χ3n) is 1.83. The van der Waals surface area contributed by atoms with Gasteiger partial charge >= 0.3 is 0 Å². The summed E-state index contributed by atoms with van der Waals surface area (Å²) in [4.78, 5) is 15.7. The van der Waals surface area contributed by atoms with Crippen LogP contribution in [0.15, 0.2) is 18.2 Å². The molecule has 1 aromatic rings. The second-order valence-corrected chi connectivity index (χ2v) is 2.66. The first kappa shape index (κ1) is 7.88. The van der Waals surface area contributed by atoms with E-state index in [0.717, 1.165) is 0 Å². The summed E-state index contributed by atoms with van der Waals surface area (Å²) >= 11 is 0. The van der Waals surface area contributed by atoms with Crippen LogP contribution in [-0.2, 0) is 4.79 Å². The van der Waals surface area contributed by atoms with Gasteiger partial charge in [-0.15, -0.1) is 0 Å². The third-order valence-corrected chi connectivity index (χ3v) is 1.83. The van der Waals surface area contributed by atoms with Crippen molar-refractivity contribution >= 4 is 5.91 Å². The van der Waals surface area contributed by atoms with Gasteiger partial charge in [0.25, 0.3) is 5.91 Å². The number of hydroxylamine groups is 1. The number of benzene rings is 1. The molecule has 0 saturated carbocycles. The van der Waals surface area contributed by atoms with E-state index in [0.29, 0.717) is 0 Å². The normalized spacial score (nSPS) is 20.1. The molecule has 5 heteroatoms. The molecule has 1 aliphatic rings. The lowest BCUT2D eigenvalue weighted by Crippen LogP contribution is -2.36. The Balaban J connectivity index is 2.57. The maximum absolute atomic E-state index is 10.9. The summed E-state index contributed by atoms with van der Waals surface area (Å²) in [7, 11) is 0.